The predicted molar refractivity (Wildman–Crippen MR) is 82.9 cm³/mol. The van der Waals surface area contributed by atoms with E-state index in [4.69, 9.17) is 0 Å². The molecule has 0 saturated carbocycles. The Labute approximate surface area is 122 Å². The Bertz CT molecular complexity index is 458. The van der Waals surface area contributed by atoms with E-state index >= 15 is 0 Å². The second kappa shape index (κ2) is 6.89. The normalized spacial score (nSPS) is 20.1. The van der Waals surface area contributed by atoms with Crippen LogP contribution in [0.2, 0.25) is 0 Å². The molecule has 1 amide bonds. The first-order valence-electron chi connectivity index (χ1n) is 7.63. The number of carbonyl (C=O) groups is 1. The SMILES string of the molecule is CNC[C@@H]1CCCN1C(=O)C[C@@H](C)c1ccccc1C. The van der Waals surface area contributed by atoms with E-state index in [-0.39, 0.29) is 0 Å². The summed E-state index contributed by atoms with van der Waals surface area (Å²) in [5.41, 5.74) is 2.58. The highest BCUT2D eigenvalue weighted by molar-refractivity contribution is 5.77. The van der Waals surface area contributed by atoms with Gasteiger partial charge in [-0.2, -0.15) is 0 Å². The van der Waals surface area contributed by atoms with Crippen molar-refractivity contribution in [3.8, 4) is 0 Å². The Morgan fingerprint density at radius 1 is 1.45 bits per heavy atom. The summed E-state index contributed by atoms with van der Waals surface area (Å²) in [4.78, 5) is 14.6. The van der Waals surface area contributed by atoms with Gasteiger partial charge in [-0.15, -0.1) is 0 Å². The third-order valence-electron chi connectivity index (χ3n) is 4.34. The summed E-state index contributed by atoms with van der Waals surface area (Å²) in [5, 5.41) is 3.19. The molecule has 3 nitrogen and oxygen atoms in total. The lowest BCUT2D eigenvalue weighted by molar-refractivity contribution is -0.132. The summed E-state index contributed by atoms with van der Waals surface area (Å²) in [5.74, 6) is 0.595. The highest BCUT2D eigenvalue weighted by Gasteiger charge is 2.28. The average molecular weight is 274 g/mol. The van der Waals surface area contributed by atoms with E-state index in [2.05, 4.69) is 48.3 Å². The van der Waals surface area contributed by atoms with Crippen LogP contribution in [0, 0.1) is 6.92 Å². The van der Waals surface area contributed by atoms with Crippen LogP contribution in [-0.2, 0) is 4.79 Å². The van der Waals surface area contributed by atoms with Crippen LogP contribution in [0.3, 0.4) is 0 Å². The molecule has 0 aromatic heterocycles. The summed E-state index contributed by atoms with van der Waals surface area (Å²) >= 11 is 0. The van der Waals surface area contributed by atoms with E-state index in [9.17, 15) is 4.79 Å². The number of aryl methyl sites for hydroxylation is 1. The molecule has 2 atom stereocenters. The number of nitrogens with one attached hydrogen (secondary N) is 1. The van der Waals surface area contributed by atoms with Gasteiger partial charge in [0.2, 0.25) is 5.91 Å². The number of carbonyl (C=O) groups excluding carboxylic acids is 1. The molecular weight excluding hydrogens is 248 g/mol. The molecule has 1 N–H and O–H groups in total. The monoisotopic (exact) mass is 274 g/mol. The van der Waals surface area contributed by atoms with Crippen LogP contribution in [0.15, 0.2) is 24.3 Å². The van der Waals surface area contributed by atoms with Crippen molar-refractivity contribution in [2.24, 2.45) is 0 Å². The number of likely N-dealkylation sites (tertiary alicyclic amines) is 1. The number of hydrogen-bond acceptors (Lipinski definition) is 2. The van der Waals surface area contributed by atoms with Crippen molar-refractivity contribution in [3.63, 3.8) is 0 Å². The lowest BCUT2D eigenvalue weighted by Crippen LogP contribution is -2.41. The summed E-state index contributed by atoms with van der Waals surface area (Å²) in [6.45, 7) is 6.11. The first kappa shape index (κ1) is 15.0. The third-order valence-corrected chi connectivity index (χ3v) is 4.34. The summed E-state index contributed by atoms with van der Waals surface area (Å²) in [6.07, 6.45) is 2.88. The van der Waals surface area contributed by atoms with Gasteiger partial charge in [-0.3, -0.25) is 4.79 Å². The Kier molecular flexibility index (Phi) is 5.18. The van der Waals surface area contributed by atoms with E-state index in [0.29, 0.717) is 24.3 Å². The van der Waals surface area contributed by atoms with Gasteiger partial charge in [0.05, 0.1) is 0 Å². The number of rotatable bonds is 5. The maximum absolute atomic E-state index is 12.5. The summed E-state index contributed by atoms with van der Waals surface area (Å²) < 4.78 is 0. The Hall–Kier alpha value is -1.35. The molecule has 0 aliphatic carbocycles. The standard InChI is InChI=1S/C17H26N2O/c1-13-7-4-5-9-16(13)14(2)11-17(20)19-10-6-8-15(19)12-18-3/h4-5,7,9,14-15,18H,6,8,10-12H2,1-3H3/t14-,15+/m1/s1. The lowest BCUT2D eigenvalue weighted by Gasteiger charge is -2.26. The maximum atomic E-state index is 12.5. The Morgan fingerprint density at radius 2 is 2.20 bits per heavy atom. The molecule has 1 aromatic rings. The number of nitrogens with zero attached hydrogens (tertiary/aromatic N) is 1. The van der Waals surface area contributed by atoms with E-state index < -0.39 is 0 Å². The molecule has 0 spiro atoms. The van der Waals surface area contributed by atoms with Gasteiger partial charge in [-0.1, -0.05) is 31.2 Å². The average Bonchev–Trinajstić information content (AvgIpc) is 2.88. The second-order valence-corrected chi connectivity index (χ2v) is 5.90. The minimum absolute atomic E-state index is 0.291. The molecule has 1 fully saturated rings. The summed E-state index contributed by atoms with van der Waals surface area (Å²) in [7, 11) is 1.96. The van der Waals surface area contributed by atoms with Gasteiger partial charge in [0.1, 0.15) is 0 Å². The van der Waals surface area contributed by atoms with Crippen LogP contribution in [0.25, 0.3) is 0 Å². The third kappa shape index (κ3) is 3.40. The van der Waals surface area contributed by atoms with Crippen molar-refractivity contribution in [1.82, 2.24) is 10.2 Å². The quantitative estimate of drug-likeness (QED) is 0.895. The molecule has 0 radical (unpaired) electrons. The molecule has 1 aliphatic heterocycles. The zero-order valence-corrected chi connectivity index (χ0v) is 12.9. The smallest absolute Gasteiger partial charge is 0.223 e. The van der Waals surface area contributed by atoms with Gasteiger partial charge in [-0.05, 0) is 43.9 Å². The van der Waals surface area contributed by atoms with E-state index in [0.717, 1.165) is 25.9 Å². The first-order valence-corrected chi connectivity index (χ1v) is 7.63. The number of hydrogen-bond donors (Lipinski definition) is 1. The molecule has 1 saturated heterocycles. The van der Waals surface area contributed by atoms with Crippen LogP contribution in [0.4, 0.5) is 0 Å². The Balaban J connectivity index is 1.99. The fraction of sp³-hybridized carbons (Fsp3) is 0.588. The molecule has 0 bridgehead atoms. The van der Waals surface area contributed by atoms with E-state index in [1.54, 1.807) is 0 Å². The zero-order chi connectivity index (χ0) is 14.5. The predicted octanol–water partition coefficient (Wildman–Crippen LogP) is 2.70. The van der Waals surface area contributed by atoms with Crippen molar-refractivity contribution in [3.05, 3.63) is 35.4 Å². The van der Waals surface area contributed by atoms with Gasteiger partial charge >= 0.3 is 0 Å². The van der Waals surface area contributed by atoms with Crippen LogP contribution in [-0.4, -0.2) is 37.0 Å². The van der Waals surface area contributed by atoms with Gasteiger partial charge < -0.3 is 10.2 Å². The minimum Gasteiger partial charge on any atom is -0.338 e. The molecule has 1 aliphatic rings. The van der Waals surface area contributed by atoms with Crippen molar-refractivity contribution < 1.29 is 4.79 Å². The second-order valence-electron chi connectivity index (χ2n) is 5.90. The van der Waals surface area contributed by atoms with Crippen LogP contribution >= 0.6 is 0 Å². The molecule has 1 heterocycles. The van der Waals surface area contributed by atoms with Crippen molar-refractivity contribution in [1.29, 1.82) is 0 Å². The van der Waals surface area contributed by atoms with Gasteiger partial charge in [0.25, 0.3) is 0 Å². The van der Waals surface area contributed by atoms with Crippen molar-refractivity contribution in [2.75, 3.05) is 20.1 Å². The van der Waals surface area contributed by atoms with Crippen molar-refractivity contribution in [2.45, 2.75) is 45.1 Å². The molecule has 110 valence electrons. The van der Waals surface area contributed by atoms with Crippen LogP contribution in [0.5, 0.6) is 0 Å². The topological polar surface area (TPSA) is 32.3 Å². The Morgan fingerprint density at radius 3 is 2.90 bits per heavy atom. The minimum atomic E-state index is 0.291. The molecule has 3 heteroatoms. The highest BCUT2D eigenvalue weighted by atomic mass is 16.2. The fourth-order valence-corrected chi connectivity index (χ4v) is 3.24. The number of benzene rings is 1. The van der Waals surface area contributed by atoms with Crippen LogP contribution in [0.1, 0.15) is 43.2 Å². The fourth-order valence-electron chi connectivity index (χ4n) is 3.24. The molecule has 1 aromatic carbocycles. The van der Waals surface area contributed by atoms with Gasteiger partial charge in [0, 0.05) is 25.6 Å². The highest BCUT2D eigenvalue weighted by Crippen LogP contribution is 2.25. The lowest BCUT2D eigenvalue weighted by atomic mass is 9.93. The molecular formula is C17H26N2O. The largest absolute Gasteiger partial charge is 0.338 e. The molecule has 0 unspecified atom stereocenters. The number of likely N-dealkylation sites (N-methyl/N-ethyl adjacent to an activating group) is 1. The number of amides is 1. The molecule has 20 heavy (non-hydrogen) atoms. The van der Waals surface area contributed by atoms with Gasteiger partial charge in [-0.25, -0.2) is 0 Å². The first-order chi connectivity index (χ1) is 9.63. The van der Waals surface area contributed by atoms with Crippen LogP contribution < -0.4 is 5.32 Å². The van der Waals surface area contributed by atoms with E-state index in [1.165, 1.54) is 11.1 Å². The maximum Gasteiger partial charge on any atom is 0.223 e. The molecule has 2 rings (SSSR count). The summed E-state index contributed by atoms with van der Waals surface area (Å²) in [6, 6.07) is 8.76. The van der Waals surface area contributed by atoms with E-state index in [1.807, 2.05) is 7.05 Å². The van der Waals surface area contributed by atoms with Gasteiger partial charge in [0.15, 0.2) is 0 Å². The van der Waals surface area contributed by atoms with Crippen molar-refractivity contribution >= 4 is 5.91 Å². The zero-order valence-electron chi connectivity index (χ0n) is 12.9.